The summed E-state index contributed by atoms with van der Waals surface area (Å²) >= 11 is 0. The molecule has 1 unspecified atom stereocenters. The van der Waals surface area contributed by atoms with Crippen LogP contribution in [-0.4, -0.2) is 41.0 Å². The highest BCUT2D eigenvalue weighted by Gasteiger charge is 2.28. The van der Waals surface area contributed by atoms with E-state index in [0.717, 1.165) is 10.1 Å². The number of ether oxygens (including phenoxy) is 1. The van der Waals surface area contributed by atoms with E-state index in [1.165, 1.54) is 30.7 Å². The highest BCUT2D eigenvalue weighted by Crippen LogP contribution is 2.26. The zero-order valence-electron chi connectivity index (χ0n) is 21.8. The molecule has 0 fully saturated rings. The summed E-state index contributed by atoms with van der Waals surface area (Å²) in [5, 5.41) is 9.72. The van der Waals surface area contributed by atoms with Crippen molar-refractivity contribution in [2.24, 2.45) is 7.05 Å². The summed E-state index contributed by atoms with van der Waals surface area (Å²) < 4.78 is 36.6. The number of benzene rings is 1. The molecule has 0 aliphatic rings. The molecular weight excluding hydrogens is 496 g/mol. The third-order valence-corrected chi connectivity index (χ3v) is 6.31. The van der Waals surface area contributed by atoms with E-state index >= 15 is 0 Å². The number of imidazole rings is 1. The Bertz CT molecular complexity index is 1550. The maximum Gasteiger partial charge on any atom is 0.397 e. The maximum atomic E-state index is 13.8. The second-order valence-corrected chi connectivity index (χ2v) is 9.47. The average Bonchev–Trinajstić information content (AvgIpc) is 3.21. The molecule has 0 bridgehead atoms. The van der Waals surface area contributed by atoms with Crippen LogP contribution in [0.2, 0.25) is 0 Å². The summed E-state index contributed by atoms with van der Waals surface area (Å²) in [7, 11) is 1.54. The predicted molar refractivity (Wildman–Crippen MR) is 139 cm³/mol. The molecule has 4 rings (SSSR count). The Morgan fingerprint density at radius 3 is 2.58 bits per heavy atom. The molecule has 0 aliphatic carbocycles. The van der Waals surface area contributed by atoms with Crippen molar-refractivity contribution in [1.29, 1.82) is 0 Å². The van der Waals surface area contributed by atoms with Crippen LogP contribution >= 0.6 is 0 Å². The van der Waals surface area contributed by atoms with Crippen LogP contribution in [0, 0.1) is 6.92 Å². The number of aliphatic hydroxyl groups excluding tert-OH is 1. The molecule has 1 N–H and O–H groups in total. The third-order valence-electron chi connectivity index (χ3n) is 6.31. The Morgan fingerprint density at radius 2 is 1.92 bits per heavy atom. The molecule has 4 aromatic rings. The standard InChI is InChI=1S/C27H31F2N5O4/c1-5-27(28,29)38-21-8-6-7-19(13-21)14-22-31-24-23(34(22)16-20-10-9-17(2)15-30-20)25(36)33(12-11-18(3)35)26(37)32(24)4/h6-10,13,15,18,35H,5,11-12,14,16H2,1-4H3. The highest BCUT2D eigenvalue weighted by molar-refractivity contribution is 5.71. The van der Waals surface area contributed by atoms with Gasteiger partial charge in [0.1, 0.15) is 11.6 Å². The fourth-order valence-electron chi connectivity index (χ4n) is 4.14. The Hall–Kier alpha value is -3.86. The van der Waals surface area contributed by atoms with E-state index in [9.17, 15) is 23.5 Å². The van der Waals surface area contributed by atoms with Crippen LogP contribution in [0.5, 0.6) is 5.75 Å². The predicted octanol–water partition coefficient (Wildman–Crippen LogP) is 3.39. The number of hydrogen-bond acceptors (Lipinski definition) is 6. The van der Waals surface area contributed by atoms with Gasteiger partial charge >= 0.3 is 11.8 Å². The Labute approximate surface area is 218 Å². The third kappa shape index (κ3) is 5.83. The van der Waals surface area contributed by atoms with Crippen LogP contribution in [0.15, 0.2) is 52.2 Å². The van der Waals surface area contributed by atoms with Gasteiger partial charge in [0.2, 0.25) is 0 Å². The SMILES string of the molecule is CCC(F)(F)Oc1cccc(Cc2nc3c(c(=O)n(CCC(C)O)c(=O)n3C)n2Cc2ccc(C)cn2)c1. The minimum atomic E-state index is -3.29. The van der Waals surface area contributed by atoms with Gasteiger partial charge in [0.15, 0.2) is 11.2 Å². The van der Waals surface area contributed by atoms with Gasteiger partial charge in [-0.25, -0.2) is 9.78 Å². The summed E-state index contributed by atoms with van der Waals surface area (Å²) in [5.74, 6) is 0.479. The van der Waals surface area contributed by atoms with Gasteiger partial charge in [0, 0.05) is 32.6 Å². The number of alkyl halides is 2. The molecule has 3 aromatic heterocycles. The quantitative estimate of drug-likeness (QED) is 0.339. The van der Waals surface area contributed by atoms with Gasteiger partial charge in [-0.2, -0.15) is 8.78 Å². The lowest BCUT2D eigenvalue weighted by atomic mass is 10.1. The van der Waals surface area contributed by atoms with Gasteiger partial charge in [-0.05, 0) is 49.6 Å². The van der Waals surface area contributed by atoms with Crippen molar-refractivity contribution in [2.75, 3.05) is 0 Å². The zero-order chi connectivity index (χ0) is 27.6. The number of fused-ring (bicyclic) bond motifs is 1. The fraction of sp³-hybridized carbons (Fsp3) is 0.407. The van der Waals surface area contributed by atoms with Crippen molar-refractivity contribution in [3.8, 4) is 5.75 Å². The molecule has 202 valence electrons. The van der Waals surface area contributed by atoms with Crippen molar-refractivity contribution in [1.82, 2.24) is 23.7 Å². The van der Waals surface area contributed by atoms with Crippen molar-refractivity contribution in [3.05, 3.63) is 86.1 Å². The molecule has 0 saturated carbocycles. The zero-order valence-corrected chi connectivity index (χ0v) is 21.8. The van der Waals surface area contributed by atoms with E-state index in [-0.39, 0.29) is 42.8 Å². The highest BCUT2D eigenvalue weighted by atomic mass is 19.3. The van der Waals surface area contributed by atoms with Gasteiger partial charge < -0.3 is 14.4 Å². The number of aromatic nitrogens is 5. The molecular formula is C27H31F2N5O4. The topological polar surface area (TPSA) is 104 Å². The molecule has 11 heteroatoms. The minimum Gasteiger partial charge on any atom is -0.433 e. The average molecular weight is 528 g/mol. The second kappa shape index (κ2) is 10.9. The van der Waals surface area contributed by atoms with Crippen LogP contribution in [0.25, 0.3) is 11.2 Å². The van der Waals surface area contributed by atoms with Crippen LogP contribution in [0.3, 0.4) is 0 Å². The summed E-state index contributed by atoms with van der Waals surface area (Å²) in [6, 6.07) is 10.1. The van der Waals surface area contributed by atoms with E-state index in [1.807, 2.05) is 19.1 Å². The second-order valence-electron chi connectivity index (χ2n) is 9.47. The number of aryl methyl sites for hydroxylation is 2. The molecule has 38 heavy (non-hydrogen) atoms. The number of rotatable bonds is 10. The molecule has 0 spiro atoms. The van der Waals surface area contributed by atoms with Gasteiger partial charge in [-0.3, -0.25) is 18.9 Å². The van der Waals surface area contributed by atoms with Crippen LogP contribution in [-0.2, 0) is 26.6 Å². The molecule has 1 aromatic carbocycles. The van der Waals surface area contributed by atoms with Gasteiger partial charge in [-0.15, -0.1) is 0 Å². The fourth-order valence-corrected chi connectivity index (χ4v) is 4.14. The van der Waals surface area contributed by atoms with Gasteiger partial charge in [0.25, 0.3) is 5.56 Å². The van der Waals surface area contributed by atoms with Crippen molar-refractivity contribution in [3.63, 3.8) is 0 Å². The normalized spacial score (nSPS) is 12.7. The first-order chi connectivity index (χ1) is 18.0. The van der Waals surface area contributed by atoms with E-state index in [1.54, 1.807) is 29.8 Å². The summed E-state index contributed by atoms with van der Waals surface area (Å²) in [5.41, 5.74) is 1.68. The first kappa shape index (κ1) is 27.2. The van der Waals surface area contributed by atoms with Gasteiger partial charge in [-0.1, -0.05) is 25.1 Å². The van der Waals surface area contributed by atoms with E-state index in [0.29, 0.717) is 17.1 Å². The summed E-state index contributed by atoms with van der Waals surface area (Å²) in [6.45, 7) is 5.10. The smallest absolute Gasteiger partial charge is 0.397 e. The van der Waals surface area contributed by atoms with Crippen LogP contribution in [0.4, 0.5) is 8.78 Å². The Morgan fingerprint density at radius 1 is 1.16 bits per heavy atom. The molecule has 0 amide bonds. The minimum absolute atomic E-state index is 0.0186. The number of pyridine rings is 1. The van der Waals surface area contributed by atoms with E-state index < -0.39 is 29.9 Å². The lowest BCUT2D eigenvalue weighted by Crippen LogP contribution is -2.40. The lowest BCUT2D eigenvalue weighted by Gasteiger charge is -2.16. The number of halogens is 2. The molecule has 0 aliphatic heterocycles. The summed E-state index contributed by atoms with van der Waals surface area (Å²) in [6.07, 6.45) is -2.30. The molecule has 3 heterocycles. The molecule has 0 saturated heterocycles. The van der Waals surface area contributed by atoms with Gasteiger partial charge in [0.05, 0.1) is 18.3 Å². The maximum absolute atomic E-state index is 13.8. The van der Waals surface area contributed by atoms with Crippen molar-refractivity contribution < 1.29 is 18.6 Å². The molecule has 9 nitrogen and oxygen atoms in total. The lowest BCUT2D eigenvalue weighted by molar-refractivity contribution is -0.177. The monoisotopic (exact) mass is 527 g/mol. The van der Waals surface area contributed by atoms with Crippen LogP contribution < -0.4 is 16.0 Å². The number of aliphatic hydroxyl groups is 1. The van der Waals surface area contributed by atoms with Crippen molar-refractivity contribution >= 4 is 11.2 Å². The molecule has 1 atom stereocenters. The number of nitrogens with zero attached hydrogens (tertiary/aromatic N) is 5. The van der Waals surface area contributed by atoms with Crippen molar-refractivity contribution in [2.45, 2.75) is 65.3 Å². The largest absolute Gasteiger partial charge is 0.433 e. The Balaban J connectivity index is 1.85. The summed E-state index contributed by atoms with van der Waals surface area (Å²) in [4.78, 5) is 35.7. The first-order valence-electron chi connectivity index (χ1n) is 12.4. The number of hydrogen-bond donors (Lipinski definition) is 1. The van der Waals surface area contributed by atoms with Crippen LogP contribution in [0.1, 0.15) is 49.3 Å². The van der Waals surface area contributed by atoms with E-state index in [2.05, 4.69) is 9.97 Å². The molecule has 0 radical (unpaired) electrons. The van der Waals surface area contributed by atoms with E-state index in [4.69, 9.17) is 4.74 Å². The Kier molecular flexibility index (Phi) is 7.77. The first-order valence-corrected chi connectivity index (χ1v) is 12.4.